The summed E-state index contributed by atoms with van der Waals surface area (Å²) in [5.74, 6) is -0.470. The second-order valence-electron chi connectivity index (χ2n) is 4.73. The minimum atomic E-state index is -0.405. The third-order valence-electron chi connectivity index (χ3n) is 3.09. The molecule has 0 radical (unpaired) electrons. The Morgan fingerprint density at radius 2 is 2.25 bits per heavy atom. The van der Waals surface area contributed by atoms with Crippen LogP contribution in [0.15, 0.2) is 22.7 Å². The van der Waals surface area contributed by atoms with Crippen LogP contribution in [0.2, 0.25) is 0 Å². The number of benzene rings is 1. The van der Waals surface area contributed by atoms with Crippen molar-refractivity contribution in [3.05, 3.63) is 28.2 Å². The third-order valence-corrected chi connectivity index (χ3v) is 3.98. The van der Waals surface area contributed by atoms with Crippen LogP contribution in [0.1, 0.15) is 18.4 Å². The highest BCUT2D eigenvalue weighted by atomic mass is 79.9. The van der Waals surface area contributed by atoms with Crippen LogP contribution >= 0.6 is 15.9 Å². The van der Waals surface area contributed by atoms with E-state index in [1.807, 2.05) is 19.1 Å². The average Bonchev–Trinajstić information content (AvgIpc) is 2.94. The van der Waals surface area contributed by atoms with Crippen molar-refractivity contribution in [1.82, 2.24) is 5.32 Å². The molecule has 1 fully saturated rings. The quantitative estimate of drug-likeness (QED) is 0.880. The van der Waals surface area contributed by atoms with E-state index in [1.54, 1.807) is 6.07 Å². The van der Waals surface area contributed by atoms with Crippen LogP contribution in [0.5, 0.6) is 0 Å². The molecule has 2 rings (SSSR count). The Bertz CT molecular complexity index is 513. The van der Waals surface area contributed by atoms with Crippen molar-refractivity contribution >= 4 is 33.4 Å². The molecular weight excluding hydrogens is 324 g/mol. The number of amides is 2. The fraction of sp³-hybridized carbons (Fsp3) is 0.429. The number of carbonyl (C=O) groups excluding carboxylic acids is 2. The zero-order chi connectivity index (χ0) is 14.5. The first-order valence-electron chi connectivity index (χ1n) is 6.51. The van der Waals surface area contributed by atoms with Crippen LogP contribution in [-0.2, 0) is 14.3 Å². The standard InChI is InChI=1S/C14H17BrN2O3/c1-9-7-10(4-5-11(9)15)17-13(18)8-16-14(19)12-3-2-6-20-12/h4-5,7,12H,2-3,6,8H2,1H3,(H,16,19)(H,17,18)/t12-/m1/s1. The number of halogens is 1. The summed E-state index contributed by atoms with van der Waals surface area (Å²) in [6.45, 7) is 2.51. The van der Waals surface area contributed by atoms with Gasteiger partial charge < -0.3 is 15.4 Å². The van der Waals surface area contributed by atoms with E-state index in [0.717, 1.165) is 22.9 Å². The molecule has 1 aliphatic rings. The van der Waals surface area contributed by atoms with Gasteiger partial charge in [-0.25, -0.2) is 0 Å². The van der Waals surface area contributed by atoms with Gasteiger partial charge in [-0.15, -0.1) is 0 Å². The average molecular weight is 341 g/mol. The van der Waals surface area contributed by atoms with E-state index >= 15 is 0 Å². The molecule has 1 aliphatic heterocycles. The van der Waals surface area contributed by atoms with Gasteiger partial charge in [0.15, 0.2) is 0 Å². The molecule has 0 spiro atoms. The van der Waals surface area contributed by atoms with Crippen LogP contribution < -0.4 is 10.6 Å². The second kappa shape index (κ2) is 6.85. The van der Waals surface area contributed by atoms with Crippen LogP contribution in [0.3, 0.4) is 0 Å². The second-order valence-corrected chi connectivity index (χ2v) is 5.59. The summed E-state index contributed by atoms with van der Waals surface area (Å²) < 4.78 is 6.23. The molecule has 0 bridgehead atoms. The molecule has 20 heavy (non-hydrogen) atoms. The van der Waals surface area contributed by atoms with Gasteiger partial charge in [0.25, 0.3) is 0 Å². The van der Waals surface area contributed by atoms with Gasteiger partial charge in [0.2, 0.25) is 11.8 Å². The Labute approximate surface area is 126 Å². The minimum Gasteiger partial charge on any atom is -0.368 e. The van der Waals surface area contributed by atoms with Crippen molar-refractivity contribution in [3.63, 3.8) is 0 Å². The van der Waals surface area contributed by atoms with E-state index in [4.69, 9.17) is 4.74 Å². The first-order chi connectivity index (χ1) is 9.56. The van der Waals surface area contributed by atoms with Gasteiger partial charge in [-0.2, -0.15) is 0 Å². The highest BCUT2D eigenvalue weighted by Gasteiger charge is 2.23. The molecular formula is C14H17BrN2O3. The summed E-state index contributed by atoms with van der Waals surface area (Å²) >= 11 is 3.40. The van der Waals surface area contributed by atoms with Gasteiger partial charge in [0, 0.05) is 16.8 Å². The Hall–Kier alpha value is -1.40. The number of carbonyl (C=O) groups is 2. The Morgan fingerprint density at radius 3 is 2.90 bits per heavy atom. The van der Waals surface area contributed by atoms with E-state index in [1.165, 1.54) is 0 Å². The first kappa shape index (κ1) is 15.0. The number of aryl methyl sites for hydroxylation is 1. The van der Waals surface area contributed by atoms with Crippen molar-refractivity contribution in [3.8, 4) is 0 Å². The van der Waals surface area contributed by atoms with Crippen molar-refractivity contribution in [1.29, 1.82) is 0 Å². The summed E-state index contributed by atoms with van der Waals surface area (Å²) in [4.78, 5) is 23.4. The van der Waals surface area contributed by atoms with E-state index in [0.29, 0.717) is 12.3 Å². The number of anilines is 1. The maximum absolute atomic E-state index is 11.7. The molecule has 0 unspecified atom stereocenters. The molecule has 1 heterocycles. The predicted molar refractivity (Wildman–Crippen MR) is 79.5 cm³/mol. The van der Waals surface area contributed by atoms with Crippen LogP contribution in [0, 0.1) is 6.92 Å². The molecule has 2 N–H and O–H groups in total. The van der Waals surface area contributed by atoms with Gasteiger partial charge in [0.05, 0.1) is 6.54 Å². The Kier molecular flexibility index (Phi) is 5.14. The number of hydrogen-bond donors (Lipinski definition) is 2. The van der Waals surface area contributed by atoms with Gasteiger partial charge >= 0.3 is 0 Å². The molecule has 0 saturated carbocycles. The Balaban J connectivity index is 1.80. The highest BCUT2D eigenvalue weighted by Crippen LogP contribution is 2.19. The molecule has 1 atom stereocenters. The fourth-order valence-electron chi connectivity index (χ4n) is 1.99. The van der Waals surface area contributed by atoms with Crippen molar-refractivity contribution in [2.75, 3.05) is 18.5 Å². The molecule has 0 aliphatic carbocycles. The van der Waals surface area contributed by atoms with E-state index in [2.05, 4.69) is 26.6 Å². The highest BCUT2D eigenvalue weighted by molar-refractivity contribution is 9.10. The van der Waals surface area contributed by atoms with Crippen LogP contribution in [0.4, 0.5) is 5.69 Å². The molecule has 1 aromatic rings. The van der Waals surface area contributed by atoms with Crippen LogP contribution in [-0.4, -0.2) is 31.1 Å². The van der Waals surface area contributed by atoms with Crippen molar-refractivity contribution < 1.29 is 14.3 Å². The lowest BCUT2D eigenvalue weighted by Gasteiger charge is -2.11. The lowest BCUT2D eigenvalue weighted by Crippen LogP contribution is -2.39. The maximum atomic E-state index is 11.7. The van der Waals surface area contributed by atoms with Gasteiger partial charge in [-0.1, -0.05) is 15.9 Å². The number of hydrogen-bond acceptors (Lipinski definition) is 3. The van der Waals surface area contributed by atoms with Crippen LogP contribution in [0.25, 0.3) is 0 Å². The number of rotatable bonds is 4. The van der Waals surface area contributed by atoms with E-state index in [9.17, 15) is 9.59 Å². The van der Waals surface area contributed by atoms with E-state index < -0.39 is 6.10 Å². The monoisotopic (exact) mass is 340 g/mol. The predicted octanol–water partition coefficient (Wildman–Crippen LogP) is 1.99. The molecule has 5 nitrogen and oxygen atoms in total. The summed E-state index contributed by atoms with van der Waals surface area (Å²) in [7, 11) is 0. The third kappa shape index (κ3) is 4.05. The zero-order valence-corrected chi connectivity index (χ0v) is 12.8. The van der Waals surface area contributed by atoms with Crippen molar-refractivity contribution in [2.24, 2.45) is 0 Å². The zero-order valence-electron chi connectivity index (χ0n) is 11.2. The molecule has 1 aromatic carbocycles. The Morgan fingerprint density at radius 1 is 1.45 bits per heavy atom. The molecule has 1 saturated heterocycles. The summed E-state index contributed by atoms with van der Waals surface area (Å²) in [6.07, 6.45) is 1.21. The number of ether oxygens (including phenoxy) is 1. The summed E-state index contributed by atoms with van der Waals surface area (Å²) in [5, 5.41) is 5.33. The lowest BCUT2D eigenvalue weighted by atomic mass is 10.2. The smallest absolute Gasteiger partial charge is 0.249 e. The molecule has 6 heteroatoms. The maximum Gasteiger partial charge on any atom is 0.249 e. The largest absolute Gasteiger partial charge is 0.368 e. The lowest BCUT2D eigenvalue weighted by molar-refractivity contribution is -0.131. The molecule has 108 valence electrons. The minimum absolute atomic E-state index is 0.0478. The number of nitrogens with one attached hydrogen (secondary N) is 2. The summed E-state index contributed by atoms with van der Waals surface area (Å²) in [6, 6.07) is 5.54. The fourth-order valence-corrected chi connectivity index (χ4v) is 2.24. The van der Waals surface area contributed by atoms with Gasteiger partial charge in [-0.05, 0) is 43.5 Å². The molecule has 0 aromatic heterocycles. The topological polar surface area (TPSA) is 67.4 Å². The first-order valence-corrected chi connectivity index (χ1v) is 7.31. The van der Waals surface area contributed by atoms with E-state index in [-0.39, 0.29) is 18.4 Å². The normalized spacial score (nSPS) is 17.8. The van der Waals surface area contributed by atoms with Gasteiger partial charge in [-0.3, -0.25) is 9.59 Å². The van der Waals surface area contributed by atoms with Gasteiger partial charge in [0.1, 0.15) is 6.10 Å². The summed E-state index contributed by atoms with van der Waals surface area (Å²) in [5.41, 5.74) is 1.74. The molecule has 2 amide bonds. The van der Waals surface area contributed by atoms with Crippen molar-refractivity contribution in [2.45, 2.75) is 25.9 Å². The SMILES string of the molecule is Cc1cc(NC(=O)CNC(=O)[C@H]2CCCO2)ccc1Br.